The minimum Gasteiger partial charge on any atom is -0.481 e. The lowest BCUT2D eigenvalue weighted by atomic mass is 9.79. The first-order chi connectivity index (χ1) is 18.1. The van der Waals surface area contributed by atoms with Crippen LogP contribution in [0.5, 0.6) is 0 Å². The molecule has 0 heterocycles. The van der Waals surface area contributed by atoms with Crippen LogP contribution in [0.15, 0.2) is 0 Å². The number of esters is 1. The van der Waals surface area contributed by atoms with E-state index in [1.165, 1.54) is 116 Å². The highest BCUT2D eigenvalue weighted by Gasteiger charge is 2.37. The van der Waals surface area contributed by atoms with E-state index in [4.69, 9.17) is 4.74 Å². The monoisotopic (exact) mass is 522 g/mol. The summed E-state index contributed by atoms with van der Waals surface area (Å²) in [6.45, 7) is 4.53. The Labute approximate surface area is 230 Å². The van der Waals surface area contributed by atoms with Crippen LogP contribution in [0, 0.1) is 11.8 Å². The molecule has 0 aliphatic heterocycles. The van der Waals surface area contributed by atoms with Crippen LogP contribution < -0.4 is 0 Å². The molecule has 0 amide bonds. The van der Waals surface area contributed by atoms with Crippen LogP contribution in [0.2, 0.25) is 0 Å². The molecular formula is C33H62O4. The number of carbonyl (C=O) groups excluding carboxylic acids is 1. The second-order valence-corrected chi connectivity index (χ2v) is 11.8. The van der Waals surface area contributed by atoms with Gasteiger partial charge in [-0.2, -0.15) is 0 Å². The third-order valence-corrected chi connectivity index (χ3v) is 8.43. The van der Waals surface area contributed by atoms with E-state index in [1.807, 2.05) is 0 Å². The van der Waals surface area contributed by atoms with E-state index in [-0.39, 0.29) is 12.1 Å². The molecule has 1 aliphatic carbocycles. The second-order valence-electron chi connectivity index (χ2n) is 11.8. The fourth-order valence-electron chi connectivity index (χ4n) is 5.94. The SMILES string of the molecule is CCCCCCCCCCCCCC(CCCCCCCCCCC)OC(=O)C1CCCCC1C(=O)O. The van der Waals surface area contributed by atoms with Crippen LogP contribution in [0.1, 0.15) is 181 Å². The lowest BCUT2D eigenvalue weighted by molar-refractivity contribution is -0.164. The van der Waals surface area contributed by atoms with Gasteiger partial charge in [0.25, 0.3) is 0 Å². The van der Waals surface area contributed by atoms with E-state index < -0.39 is 17.8 Å². The summed E-state index contributed by atoms with van der Waals surface area (Å²) in [6, 6.07) is 0. The minimum absolute atomic E-state index is 0.0352. The van der Waals surface area contributed by atoms with Crippen molar-refractivity contribution in [2.24, 2.45) is 11.8 Å². The first kappa shape index (κ1) is 34.0. The van der Waals surface area contributed by atoms with Gasteiger partial charge in [-0.3, -0.25) is 9.59 Å². The van der Waals surface area contributed by atoms with Crippen molar-refractivity contribution in [2.75, 3.05) is 0 Å². The molecule has 0 aromatic heterocycles. The Morgan fingerprint density at radius 3 is 1.32 bits per heavy atom. The molecule has 0 saturated heterocycles. The van der Waals surface area contributed by atoms with Gasteiger partial charge in [-0.05, 0) is 38.5 Å². The molecule has 3 atom stereocenters. The number of carboxylic acid groups (broad SMARTS) is 1. The minimum atomic E-state index is -0.831. The van der Waals surface area contributed by atoms with Crippen LogP contribution in [-0.2, 0) is 14.3 Å². The summed E-state index contributed by atoms with van der Waals surface area (Å²) in [7, 11) is 0. The molecule has 0 spiro atoms. The molecule has 1 N–H and O–H groups in total. The topological polar surface area (TPSA) is 63.6 Å². The summed E-state index contributed by atoms with van der Waals surface area (Å²) in [5.41, 5.74) is 0. The Morgan fingerprint density at radius 1 is 0.595 bits per heavy atom. The van der Waals surface area contributed by atoms with Crippen LogP contribution in [0.4, 0.5) is 0 Å². The van der Waals surface area contributed by atoms with Crippen molar-refractivity contribution in [1.82, 2.24) is 0 Å². The zero-order chi connectivity index (χ0) is 27.0. The van der Waals surface area contributed by atoms with E-state index in [2.05, 4.69) is 13.8 Å². The fraction of sp³-hybridized carbons (Fsp3) is 0.939. The third kappa shape index (κ3) is 18.0. The summed E-state index contributed by atoms with van der Waals surface area (Å²) >= 11 is 0. The number of carboxylic acids is 1. The zero-order valence-corrected chi connectivity index (χ0v) is 24.8. The van der Waals surface area contributed by atoms with Crippen LogP contribution >= 0.6 is 0 Å². The molecule has 1 fully saturated rings. The Kier molecular flexibility index (Phi) is 22.0. The molecule has 1 saturated carbocycles. The number of aliphatic carboxylic acids is 1. The highest BCUT2D eigenvalue weighted by Crippen LogP contribution is 2.32. The van der Waals surface area contributed by atoms with Crippen molar-refractivity contribution < 1.29 is 19.4 Å². The molecule has 4 nitrogen and oxygen atoms in total. The predicted molar refractivity (Wildman–Crippen MR) is 156 cm³/mol. The maximum Gasteiger partial charge on any atom is 0.310 e. The van der Waals surface area contributed by atoms with Crippen molar-refractivity contribution in [1.29, 1.82) is 0 Å². The Hall–Kier alpha value is -1.06. The van der Waals surface area contributed by atoms with Gasteiger partial charge in [0.1, 0.15) is 6.10 Å². The molecular weight excluding hydrogens is 460 g/mol. The summed E-state index contributed by atoms with van der Waals surface area (Å²) in [5.74, 6) is -2.08. The van der Waals surface area contributed by atoms with Gasteiger partial charge in [0.05, 0.1) is 11.8 Å². The maximum atomic E-state index is 13.0. The second kappa shape index (κ2) is 24.0. The molecule has 0 aromatic rings. The molecule has 4 heteroatoms. The smallest absolute Gasteiger partial charge is 0.310 e. The molecule has 1 aliphatic rings. The van der Waals surface area contributed by atoms with Crippen LogP contribution in [0.3, 0.4) is 0 Å². The summed E-state index contributed by atoms with van der Waals surface area (Å²) in [6.07, 6.45) is 31.1. The van der Waals surface area contributed by atoms with Gasteiger partial charge >= 0.3 is 11.9 Å². The molecule has 37 heavy (non-hydrogen) atoms. The van der Waals surface area contributed by atoms with Crippen LogP contribution in [0.25, 0.3) is 0 Å². The van der Waals surface area contributed by atoms with Crippen molar-refractivity contribution in [2.45, 2.75) is 187 Å². The van der Waals surface area contributed by atoms with E-state index in [0.717, 1.165) is 38.5 Å². The molecule has 0 bridgehead atoms. The van der Waals surface area contributed by atoms with Gasteiger partial charge in [0.15, 0.2) is 0 Å². The van der Waals surface area contributed by atoms with Crippen molar-refractivity contribution in [3.05, 3.63) is 0 Å². The molecule has 0 aromatic carbocycles. The third-order valence-electron chi connectivity index (χ3n) is 8.43. The van der Waals surface area contributed by atoms with E-state index in [0.29, 0.717) is 12.8 Å². The molecule has 0 radical (unpaired) electrons. The summed E-state index contributed by atoms with van der Waals surface area (Å²) in [5, 5.41) is 9.59. The summed E-state index contributed by atoms with van der Waals surface area (Å²) in [4.78, 5) is 24.7. The number of ether oxygens (including phenoxy) is 1. The van der Waals surface area contributed by atoms with Crippen molar-refractivity contribution in [3.63, 3.8) is 0 Å². The van der Waals surface area contributed by atoms with Crippen LogP contribution in [-0.4, -0.2) is 23.1 Å². The van der Waals surface area contributed by atoms with E-state index >= 15 is 0 Å². The lowest BCUT2D eigenvalue weighted by Gasteiger charge is -2.29. The first-order valence-electron chi connectivity index (χ1n) is 16.5. The summed E-state index contributed by atoms with van der Waals surface area (Å²) < 4.78 is 6.03. The van der Waals surface area contributed by atoms with Gasteiger partial charge in [0, 0.05) is 0 Å². The quantitative estimate of drug-likeness (QED) is 0.0956. The predicted octanol–water partition coefficient (Wildman–Crippen LogP) is 10.4. The molecule has 3 unspecified atom stereocenters. The Balaban J connectivity index is 2.33. The highest BCUT2D eigenvalue weighted by atomic mass is 16.5. The number of hydrogen-bond donors (Lipinski definition) is 1. The van der Waals surface area contributed by atoms with Crippen molar-refractivity contribution in [3.8, 4) is 0 Å². The van der Waals surface area contributed by atoms with Gasteiger partial charge in [-0.15, -0.1) is 0 Å². The van der Waals surface area contributed by atoms with Gasteiger partial charge in [-0.1, -0.05) is 142 Å². The fourth-order valence-corrected chi connectivity index (χ4v) is 5.94. The number of carbonyl (C=O) groups is 2. The number of hydrogen-bond acceptors (Lipinski definition) is 3. The van der Waals surface area contributed by atoms with Gasteiger partial charge in [-0.25, -0.2) is 0 Å². The normalized spacial score (nSPS) is 18.5. The number of rotatable bonds is 25. The van der Waals surface area contributed by atoms with E-state index in [1.54, 1.807) is 0 Å². The standard InChI is InChI=1S/C33H62O4/c1-3-5-7-9-11-13-14-16-18-20-22-26-29(25-21-19-17-15-12-10-8-6-4-2)37-33(36)31-28-24-23-27-30(31)32(34)35/h29-31H,3-28H2,1-2H3,(H,34,35). The Morgan fingerprint density at radius 2 is 0.946 bits per heavy atom. The largest absolute Gasteiger partial charge is 0.481 e. The molecule has 218 valence electrons. The van der Waals surface area contributed by atoms with Gasteiger partial charge < -0.3 is 9.84 Å². The maximum absolute atomic E-state index is 13.0. The zero-order valence-electron chi connectivity index (χ0n) is 24.8. The average molecular weight is 523 g/mol. The number of unbranched alkanes of at least 4 members (excludes halogenated alkanes) is 18. The highest BCUT2D eigenvalue weighted by molar-refractivity contribution is 5.81. The average Bonchev–Trinajstić information content (AvgIpc) is 2.90. The molecule has 1 rings (SSSR count). The Bertz CT molecular complexity index is 546. The first-order valence-corrected chi connectivity index (χ1v) is 16.5. The lowest BCUT2D eigenvalue weighted by Crippen LogP contribution is -2.35. The van der Waals surface area contributed by atoms with Crippen molar-refractivity contribution >= 4 is 11.9 Å². The van der Waals surface area contributed by atoms with E-state index in [9.17, 15) is 14.7 Å². The van der Waals surface area contributed by atoms with Gasteiger partial charge in [0.2, 0.25) is 0 Å².